The molecule has 0 amide bonds. The summed E-state index contributed by atoms with van der Waals surface area (Å²) < 4.78 is 56.9. The second-order valence-corrected chi connectivity index (χ2v) is 18.1. The molecular formula is C39H64O18S8. The van der Waals surface area contributed by atoms with Gasteiger partial charge < -0.3 is 47.4 Å². The normalized spacial score (nSPS) is 11.6. The van der Waals surface area contributed by atoms with Gasteiger partial charge in [-0.05, 0) is 0 Å². The van der Waals surface area contributed by atoms with Gasteiger partial charge in [0, 0.05) is 46.0 Å². The number of carbonyl (C=O) groups is 8. The molecule has 0 rings (SSSR count). The lowest BCUT2D eigenvalue weighted by molar-refractivity contribution is -0.177. The average Bonchev–Trinajstić information content (AvgIpc) is 3.26. The monoisotopic (exact) mass is 1080 g/mol. The lowest BCUT2D eigenvalue weighted by Crippen LogP contribution is -2.48. The van der Waals surface area contributed by atoms with Crippen LogP contribution in [0.5, 0.6) is 0 Å². The van der Waals surface area contributed by atoms with Crippen molar-refractivity contribution < 1.29 is 85.7 Å². The quantitative estimate of drug-likeness (QED) is 0.0251. The Labute approximate surface area is 424 Å². The van der Waals surface area contributed by atoms with Crippen molar-refractivity contribution >= 4 is 149 Å². The van der Waals surface area contributed by atoms with E-state index in [4.69, 9.17) is 47.4 Å². The largest absolute Gasteiger partial charge is 0.465 e. The Balaban J connectivity index is 7.34. The molecule has 0 radical (unpaired) electrons. The third-order valence-corrected chi connectivity index (χ3v) is 10.3. The Hall–Kier alpha value is -1.52. The fourth-order valence-electron chi connectivity index (χ4n) is 4.89. The Morgan fingerprint density at radius 3 is 0.477 bits per heavy atom. The van der Waals surface area contributed by atoms with Crippen LogP contribution in [0.3, 0.4) is 0 Å². The molecule has 0 saturated carbocycles. The van der Waals surface area contributed by atoms with Crippen LogP contribution in [0.4, 0.5) is 0 Å². The molecule has 0 atom stereocenters. The zero-order chi connectivity index (χ0) is 49.0. The molecule has 0 spiro atoms. The van der Waals surface area contributed by atoms with E-state index >= 15 is 0 Å². The smallest absolute Gasteiger partial charge is 0.306 e. The second-order valence-electron chi connectivity index (χ2n) is 14.6. The molecule has 0 aromatic rings. The van der Waals surface area contributed by atoms with E-state index in [1.54, 1.807) is 0 Å². The first-order valence-corrected chi connectivity index (χ1v) is 25.4. The van der Waals surface area contributed by atoms with Crippen LogP contribution >= 0.6 is 101 Å². The molecule has 0 N–H and O–H groups in total. The summed E-state index contributed by atoms with van der Waals surface area (Å²) >= 11 is 32.7. The Morgan fingerprint density at radius 1 is 0.231 bits per heavy atom. The molecular weight excluding hydrogens is 1010 g/mol. The highest BCUT2D eigenvalue weighted by Crippen LogP contribution is 2.29. The zero-order valence-corrected chi connectivity index (χ0v) is 43.4. The van der Waals surface area contributed by atoms with Gasteiger partial charge in [-0.3, -0.25) is 38.4 Å². The highest BCUT2D eigenvalue weighted by atomic mass is 32.1. The van der Waals surface area contributed by atoms with Crippen LogP contribution in [0.15, 0.2) is 0 Å². The minimum absolute atomic E-state index is 0.0760. The first kappa shape index (κ1) is 63.5. The van der Waals surface area contributed by atoms with Crippen LogP contribution in [-0.2, 0) is 85.7 Å². The molecule has 0 unspecified atom stereocenters. The molecule has 0 aromatic heterocycles. The summed E-state index contributed by atoms with van der Waals surface area (Å²) in [6.45, 7) is -5.57. The van der Waals surface area contributed by atoms with E-state index in [2.05, 4.69) is 101 Å². The topological polar surface area (TPSA) is 229 Å². The highest BCUT2D eigenvalue weighted by Gasteiger charge is 2.42. The van der Waals surface area contributed by atoms with Gasteiger partial charge in [0.2, 0.25) is 0 Å². The van der Waals surface area contributed by atoms with Crippen molar-refractivity contribution in [3.63, 3.8) is 0 Å². The minimum Gasteiger partial charge on any atom is -0.465 e. The summed E-state index contributed by atoms with van der Waals surface area (Å²) in [6, 6.07) is 0. The van der Waals surface area contributed by atoms with Crippen molar-refractivity contribution in [2.45, 2.75) is 51.4 Å². The van der Waals surface area contributed by atoms with E-state index in [1.807, 2.05) is 0 Å². The molecule has 65 heavy (non-hydrogen) atoms. The van der Waals surface area contributed by atoms with Gasteiger partial charge in [-0.15, -0.1) is 0 Å². The number of thiol groups is 8. The van der Waals surface area contributed by atoms with Gasteiger partial charge in [-0.1, -0.05) is 0 Å². The summed E-state index contributed by atoms with van der Waals surface area (Å²) in [5.74, 6) is -4.08. The van der Waals surface area contributed by atoms with E-state index in [0.29, 0.717) is 0 Å². The summed E-state index contributed by atoms with van der Waals surface area (Å²) in [6.07, 6.45) is -0.666. The van der Waals surface area contributed by atoms with E-state index < -0.39 is 143 Å². The predicted molar refractivity (Wildman–Crippen MR) is 264 cm³/mol. The van der Waals surface area contributed by atoms with Crippen molar-refractivity contribution in [2.24, 2.45) is 16.2 Å². The van der Waals surface area contributed by atoms with Gasteiger partial charge in [0.15, 0.2) is 0 Å². The van der Waals surface area contributed by atoms with Crippen LogP contribution in [-0.4, -0.2) is 173 Å². The maximum Gasteiger partial charge on any atom is 0.306 e. The van der Waals surface area contributed by atoms with Gasteiger partial charge in [0.05, 0.1) is 94.0 Å². The van der Waals surface area contributed by atoms with Crippen molar-refractivity contribution in [1.82, 2.24) is 0 Å². The van der Waals surface area contributed by atoms with Gasteiger partial charge >= 0.3 is 47.8 Å². The second kappa shape index (κ2) is 38.3. The first-order valence-electron chi connectivity index (χ1n) is 20.3. The van der Waals surface area contributed by atoms with E-state index in [9.17, 15) is 38.4 Å². The van der Waals surface area contributed by atoms with Crippen LogP contribution < -0.4 is 0 Å². The van der Waals surface area contributed by atoms with E-state index in [-0.39, 0.29) is 97.4 Å². The zero-order valence-electron chi connectivity index (χ0n) is 36.2. The van der Waals surface area contributed by atoms with Gasteiger partial charge in [-0.2, -0.15) is 101 Å². The number of carbonyl (C=O) groups excluding carboxylic acids is 8. The lowest BCUT2D eigenvalue weighted by atomic mass is 9.89. The predicted octanol–water partition coefficient (Wildman–Crippen LogP) is 2.88. The standard InChI is InChI=1S/C39H64O18S8/c40-29(1-9-58)50-21-37(22-51-30(41)2-10-59,17-48-19-38(23-52-31(42)3-11-60,24-53-32(43)4-12-61)25-54-33(44)5-13-62)18-49-20-39(26-55-34(45)6-14-63,27-56-35(46)7-15-64)28-57-36(47)8-16-65/h58-65H,1-28H2. The van der Waals surface area contributed by atoms with Crippen molar-refractivity contribution in [2.75, 3.05) is 125 Å². The molecule has 26 heteroatoms. The maximum absolute atomic E-state index is 12.8. The molecule has 0 aliphatic carbocycles. The molecule has 0 heterocycles. The summed E-state index contributed by atoms with van der Waals surface area (Å²) in [5, 5.41) is 0. The highest BCUT2D eigenvalue weighted by molar-refractivity contribution is 7.81. The number of ether oxygens (including phenoxy) is 10. The SMILES string of the molecule is O=C(CCS)OCC(COCC(COC(=O)CCS)(COC(=O)CCS)COC(=O)CCS)(COCC(COC(=O)CCS)(COC(=O)CCS)COC(=O)CCS)COC(=O)CCS. The number of rotatable bonds is 40. The Kier molecular flexibility index (Phi) is 37.4. The van der Waals surface area contributed by atoms with Crippen LogP contribution in [0.2, 0.25) is 0 Å². The molecule has 18 nitrogen and oxygen atoms in total. The minimum atomic E-state index is -1.57. The van der Waals surface area contributed by atoms with Crippen LogP contribution in [0.1, 0.15) is 51.4 Å². The molecule has 0 aliphatic rings. The Bertz CT molecular complexity index is 1230. The maximum atomic E-state index is 12.8. The van der Waals surface area contributed by atoms with Crippen molar-refractivity contribution in [3.8, 4) is 0 Å². The molecule has 0 aromatic carbocycles. The Morgan fingerprint density at radius 2 is 0.354 bits per heavy atom. The van der Waals surface area contributed by atoms with Crippen molar-refractivity contribution in [1.29, 1.82) is 0 Å². The first-order chi connectivity index (χ1) is 31.1. The van der Waals surface area contributed by atoms with Crippen molar-refractivity contribution in [3.05, 3.63) is 0 Å². The number of esters is 8. The fourth-order valence-corrected chi connectivity index (χ4v) is 6.36. The molecule has 0 aliphatic heterocycles. The van der Waals surface area contributed by atoms with E-state index in [1.165, 1.54) is 0 Å². The molecule has 0 bridgehead atoms. The molecule has 376 valence electrons. The van der Waals surface area contributed by atoms with Gasteiger partial charge in [0.25, 0.3) is 0 Å². The third kappa shape index (κ3) is 30.6. The van der Waals surface area contributed by atoms with Gasteiger partial charge in [0.1, 0.15) is 52.9 Å². The number of hydrogen-bond donors (Lipinski definition) is 8. The van der Waals surface area contributed by atoms with E-state index in [0.717, 1.165) is 0 Å². The summed E-state index contributed by atoms with van der Waals surface area (Å²) in [5.41, 5.74) is -4.62. The number of hydrogen-bond acceptors (Lipinski definition) is 26. The summed E-state index contributed by atoms with van der Waals surface area (Å²) in [7, 11) is 0. The molecule has 0 fully saturated rings. The average molecular weight is 1080 g/mol. The fraction of sp³-hybridized carbons (Fsp3) is 0.795. The molecule has 0 saturated heterocycles. The van der Waals surface area contributed by atoms with Crippen LogP contribution in [0, 0.1) is 16.2 Å². The lowest BCUT2D eigenvalue weighted by Gasteiger charge is -2.37. The van der Waals surface area contributed by atoms with Crippen LogP contribution in [0.25, 0.3) is 0 Å². The summed E-state index contributed by atoms with van der Waals surface area (Å²) in [4.78, 5) is 101. The third-order valence-electron chi connectivity index (χ3n) is 8.48. The van der Waals surface area contributed by atoms with Gasteiger partial charge in [-0.25, -0.2) is 0 Å².